The number of carbonyl (C=O) groups excluding carboxylic acids is 2. The van der Waals surface area contributed by atoms with Crippen LogP contribution in [0.2, 0.25) is 0 Å². The number of carbonyl (C=O) groups is 2. The Morgan fingerprint density at radius 3 is 2.33 bits per heavy atom. The molecule has 178 valence electrons. The van der Waals surface area contributed by atoms with E-state index in [4.69, 9.17) is 4.74 Å². The Labute approximate surface area is 191 Å². The maximum atomic E-state index is 13.8. The van der Waals surface area contributed by atoms with Crippen LogP contribution in [0.3, 0.4) is 0 Å². The molecule has 1 unspecified atom stereocenters. The molecular formula is C24H28F3N3O3. The van der Waals surface area contributed by atoms with E-state index < -0.39 is 29.6 Å². The van der Waals surface area contributed by atoms with Gasteiger partial charge in [0.25, 0.3) is 5.91 Å². The number of ether oxygens (including phenoxy) is 1. The number of alkyl halides is 3. The van der Waals surface area contributed by atoms with E-state index in [0.717, 1.165) is 6.07 Å². The van der Waals surface area contributed by atoms with Gasteiger partial charge in [0.1, 0.15) is 6.04 Å². The lowest BCUT2D eigenvalue weighted by atomic mass is 10.0. The lowest BCUT2D eigenvalue weighted by Gasteiger charge is -2.30. The summed E-state index contributed by atoms with van der Waals surface area (Å²) >= 11 is 0. The van der Waals surface area contributed by atoms with Crippen LogP contribution in [0.25, 0.3) is 0 Å². The summed E-state index contributed by atoms with van der Waals surface area (Å²) in [5.74, 6) is -1.22. The van der Waals surface area contributed by atoms with Gasteiger partial charge in [0.05, 0.1) is 18.8 Å². The second-order valence-electron chi connectivity index (χ2n) is 8.22. The first-order valence-corrected chi connectivity index (χ1v) is 10.8. The molecule has 2 aromatic rings. The highest BCUT2D eigenvalue weighted by atomic mass is 19.4. The van der Waals surface area contributed by atoms with Gasteiger partial charge in [-0.25, -0.2) is 0 Å². The van der Waals surface area contributed by atoms with Gasteiger partial charge in [0, 0.05) is 30.9 Å². The number of benzene rings is 2. The summed E-state index contributed by atoms with van der Waals surface area (Å²) < 4.78 is 46.5. The van der Waals surface area contributed by atoms with Gasteiger partial charge in [-0.2, -0.15) is 13.2 Å². The Morgan fingerprint density at radius 1 is 1.06 bits per heavy atom. The molecule has 1 fully saturated rings. The van der Waals surface area contributed by atoms with Crippen molar-refractivity contribution in [3.8, 4) is 0 Å². The lowest BCUT2D eigenvalue weighted by molar-refractivity contribution is -0.138. The number of amides is 2. The van der Waals surface area contributed by atoms with Crippen LogP contribution in [0, 0.1) is 5.92 Å². The van der Waals surface area contributed by atoms with Crippen LogP contribution >= 0.6 is 0 Å². The Kier molecular flexibility index (Phi) is 7.97. The first-order valence-electron chi connectivity index (χ1n) is 10.8. The molecule has 0 aliphatic carbocycles. The molecule has 6 nitrogen and oxygen atoms in total. The fourth-order valence-electron chi connectivity index (χ4n) is 3.64. The molecule has 1 heterocycles. The van der Waals surface area contributed by atoms with E-state index in [1.54, 1.807) is 50.2 Å². The molecule has 9 heteroatoms. The molecule has 0 spiro atoms. The molecule has 0 radical (unpaired) electrons. The van der Waals surface area contributed by atoms with Gasteiger partial charge in [-0.05, 0) is 35.7 Å². The summed E-state index contributed by atoms with van der Waals surface area (Å²) in [4.78, 5) is 27.1. The highest BCUT2D eigenvalue weighted by molar-refractivity contribution is 5.97. The molecule has 2 aromatic carbocycles. The summed E-state index contributed by atoms with van der Waals surface area (Å²) in [5, 5.41) is 5.24. The zero-order valence-electron chi connectivity index (χ0n) is 18.6. The van der Waals surface area contributed by atoms with Gasteiger partial charge in [0.2, 0.25) is 5.91 Å². The fourth-order valence-corrected chi connectivity index (χ4v) is 3.64. The Bertz CT molecular complexity index is 958. The summed E-state index contributed by atoms with van der Waals surface area (Å²) in [6.07, 6.45) is -4.57. The van der Waals surface area contributed by atoms with Crippen LogP contribution in [0.1, 0.15) is 35.3 Å². The van der Waals surface area contributed by atoms with Gasteiger partial charge in [0.15, 0.2) is 0 Å². The monoisotopic (exact) mass is 463 g/mol. The number of morpholine rings is 1. The largest absolute Gasteiger partial charge is 0.416 e. The third-order valence-corrected chi connectivity index (χ3v) is 5.50. The Hall–Kier alpha value is -3.07. The summed E-state index contributed by atoms with van der Waals surface area (Å²) in [5.41, 5.74) is 0.0378. The number of halogens is 3. The number of anilines is 1. The smallest absolute Gasteiger partial charge is 0.378 e. The van der Waals surface area contributed by atoms with Crippen molar-refractivity contribution in [3.63, 3.8) is 0 Å². The van der Waals surface area contributed by atoms with Gasteiger partial charge < -0.3 is 20.3 Å². The topological polar surface area (TPSA) is 70.7 Å². The number of nitrogens with zero attached hydrogens (tertiary/aromatic N) is 1. The van der Waals surface area contributed by atoms with Crippen LogP contribution < -0.4 is 15.5 Å². The maximum Gasteiger partial charge on any atom is 0.416 e. The third-order valence-electron chi connectivity index (χ3n) is 5.50. The molecule has 1 aliphatic rings. The van der Waals surface area contributed by atoms with E-state index >= 15 is 0 Å². The second kappa shape index (κ2) is 10.7. The zero-order valence-corrected chi connectivity index (χ0v) is 18.6. The molecule has 3 rings (SSSR count). The quantitative estimate of drug-likeness (QED) is 0.658. The molecule has 0 aromatic heterocycles. The van der Waals surface area contributed by atoms with Crippen molar-refractivity contribution < 1.29 is 27.5 Å². The SMILES string of the molecule is CC(C)C(NC(=O)c1ccccc1)C(=O)NCc1ccc(N2CCOCC2)cc1C(F)(F)F. The van der Waals surface area contributed by atoms with E-state index in [2.05, 4.69) is 10.6 Å². The third kappa shape index (κ3) is 6.47. The normalized spacial score (nSPS) is 15.3. The van der Waals surface area contributed by atoms with Crippen molar-refractivity contribution in [1.29, 1.82) is 0 Å². The van der Waals surface area contributed by atoms with E-state index in [1.807, 2.05) is 4.90 Å². The van der Waals surface area contributed by atoms with E-state index in [1.165, 1.54) is 6.07 Å². The average Bonchev–Trinajstić information content (AvgIpc) is 2.81. The summed E-state index contributed by atoms with van der Waals surface area (Å²) in [7, 11) is 0. The minimum atomic E-state index is -4.57. The second-order valence-corrected chi connectivity index (χ2v) is 8.22. The number of rotatable bonds is 7. The average molecular weight is 464 g/mol. The van der Waals surface area contributed by atoms with Crippen LogP contribution in [-0.2, 0) is 22.3 Å². The Morgan fingerprint density at radius 2 is 1.73 bits per heavy atom. The molecule has 0 saturated carbocycles. The van der Waals surface area contributed by atoms with Gasteiger partial charge in [-0.1, -0.05) is 38.1 Å². The van der Waals surface area contributed by atoms with Crippen molar-refractivity contribution in [1.82, 2.24) is 10.6 Å². The highest BCUT2D eigenvalue weighted by Crippen LogP contribution is 2.35. The van der Waals surface area contributed by atoms with Crippen molar-refractivity contribution in [3.05, 3.63) is 65.2 Å². The highest BCUT2D eigenvalue weighted by Gasteiger charge is 2.34. The van der Waals surface area contributed by atoms with Gasteiger partial charge >= 0.3 is 6.18 Å². The van der Waals surface area contributed by atoms with Crippen molar-refractivity contribution >= 4 is 17.5 Å². The standard InChI is InChI=1S/C24H28F3N3O3/c1-16(2)21(29-22(31)17-6-4-3-5-7-17)23(32)28-15-18-8-9-19(14-20(18)24(25,26)27)30-10-12-33-13-11-30/h3-9,14,16,21H,10-13,15H2,1-2H3,(H,28,32)(H,29,31). The predicted octanol–water partition coefficient (Wildman–Crippen LogP) is 3.61. The van der Waals surface area contributed by atoms with Crippen LogP contribution in [0.4, 0.5) is 18.9 Å². The summed E-state index contributed by atoms with van der Waals surface area (Å²) in [6, 6.07) is 11.7. The number of hydrogen-bond acceptors (Lipinski definition) is 4. The Balaban J connectivity index is 1.72. The number of nitrogens with one attached hydrogen (secondary N) is 2. The molecule has 33 heavy (non-hydrogen) atoms. The molecule has 2 N–H and O–H groups in total. The van der Waals surface area contributed by atoms with E-state index in [9.17, 15) is 22.8 Å². The molecule has 1 atom stereocenters. The summed E-state index contributed by atoms with van der Waals surface area (Å²) in [6.45, 7) is 5.17. The van der Waals surface area contributed by atoms with E-state index in [-0.39, 0.29) is 18.0 Å². The van der Waals surface area contributed by atoms with Crippen molar-refractivity contribution in [2.45, 2.75) is 32.6 Å². The predicted molar refractivity (Wildman–Crippen MR) is 119 cm³/mol. The van der Waals surface area contributed by atoms with Crippen LogP contribution in [0.5, 0.6) is 0 Å². The molecule has 2 amide bonds. The molecule has 1 saturated heterocycles. The minimum absolute atomic E-state index is 0.0373. The van der Waals surface area contributed by atoms with Crippen LogP contribution in [-0.4, -0.2) is 44.2 Å². The van der Waals surface area contributed by atoms with Crippen molar-refractivity contribution in [2.75, 3.05) is 31.2 Å². The fraction of sp³-hybridized carbons (Fsp3) is 0.417. The molecule has 1 aliphatic heterocycles. The molecular weight excluding hydrogens is 435 g/mol. The van der Waals surface area contributed by atoms with E-state index in [0.29, 0.717) is 37.6 Å². The molecule has 0 bridgehead atoms. The first kappa shape index (κ1) is 24.6. The maximum absolute atomic E-state index is 13.8. The van der Waals surface area contributed by atoms with Gasteiger partial charge in [-0.3, -0.25) is 9.59 Å². The van der Waals surface area contributed by atoms with Gasteiger partial charge in [-0.15, -0.1) is 0 Å². The zero-order chi connectivity index (χ0) is 24.0. The first-order chi connectivity index (χ1) is 15.7. The lowest BCUT2D eigenvalue weighted by Crippen LogP contribution is -2.49. The minimum Gasteiger partial charge on any atom is -0.378 e. The number of hydrogen-bond donors (Lipinski definition) is 2. The van der Waals surface area contributed by atoms with Crippen molar-refractivity contribution in [2.24, 2.45) is 5.92 Å². The van der Waals surface area contributed by atoms with Crippen LogP contribution in [0.15, 0.2) is 48.5 Å².